The number of hydrogen-bond donors (Lipinski definition) is 2. The van der Waals surface area contributed by atoms with Crippen LogP contribution in [-0.4, -0.2) is 49.7 Å². The van der Waals surface area contributed by atoms with Crippen LogP contribution in [0.1, 0.15) is 18.4 Å². The summed E-state index contributed by atoms with van der Waals surface area (Å²) in [6.07, 6.45) is 0.822. The first kappa shape index (κ1) is 20.6. The van der Waals surface area contributed by atoms with Crippen LogP contribution in [0.2, 0.25) is 0 Å². The molecule has 0 spiro atoms. The van der Waals surface area contributed by atoms with Crippen molar-refractivity contribution in [3.8, 4) is 11.5 Å². The molecule has 28 heavy (non-hydrogen) atoms. The number of benzene rings is 2. The van der Waals surface area contributed by atoms with E-state index < -0.39 is 11.7 Å². The van der Waals surface area contributed by atoms with Crippen LogP contribution in [0.15, 0.2) is 48.5 Å². The highest BCUT2D eigenvalue weighted by Gasteiger charge is 2.34. The van der Waals surface area contributed by atoms with Crippen LogP contribution in [0.5, 0.6) is 11.5 Å². The van der Waals surface area contributed by atoms with Gasteiger partial charge < -0.3 is 24.6 Å². The molecule has 2 N–H and O–H groups in total. The van der Waals surface area contributed by atoms with Gasteiger partial charge in [-0.1, -0.05) is 18.2 Å². The molecule has 5 nitrogen and oxygen atoms in total. The predicted molar refractivity (Wildman–Crippen MR) is 105 cm³/mol. The molecule has 2 aromatic carbocycles. The number of aliphatic hydroxyl groups is 1. The average Bonchev–Trinajstić information content (AvgIpc) is 2.70. The summed E-state index contributed by atoms with van der Waals surface area (Å²) >= 11 is 0. The summed E-state index contributed by atoms with van der Waals surface area (Å²) in [5, 5.41) is 13.5. The SMILES string of the molecule is Cc1ccccc1OCC(O)CNCC1(Oc2ccc(F)cc2)CCOCC1. The Kier molecular flexibility index (Phi) is 7.25. The van der Waals surface area contributed by atoms with E-state index in [1.165, 1.54) is 12.1 Å². The smallest absolute Gasteiger partial charge is 0.126 e. The van der Waals surface area contributed by atoms with Crippen molar-refractivity contribution in [1.82, 2.24) is 5.32 Å². The molecule has 0 aliphatic carbocycles. The summed E-state index contributed by atoms with van der Waals surface area (Å²) in [6.45, 7) is 4.37. The minimum absolute atomic E-state index is 0.215. The van der Waals surface area contributed by atoms with Crippen molar-refractivity contribution >= 4 is 0 Å². The quantitative estimate of drug-likeness (QED) is 0.690. The second-order valence-electron chi connectivity index (χ2n) is 7.21. The lowest BCUT2D eigenvalue weighted by Crippen LogP contribution is -2.51. The van der Waals surface area contributed by atoms with Crippen molar-refractivity contribution in [2.75, 3.05) is 32.9 Å². The largest absolute Gasteiger partial charge is 0.491 e. The van der Waals surface area contributed by atoms with Gasteiger partial charge in [-0.25, -0.2) is 4.39 Å². The van der Waals surface area contributed by atoms with E-state index >= 15 is 0 Å². The normalized spacial score (nSPS) is 17.1. The third kappa shape index (κ3) is 5.92. The summed E-state index contributed by atoms with van der Waals surface area (Å²) in [5.74, 6) is 1.12. The second-order valence-corrected chi connectivity index (χ2v) is 7.21. The number of aryl methyl sites for hydroxylation is 1. The van der Waals surface area contributed by atoms with Crippen LogP contribution in [0.3, 0.4) is 0 Å². The van der Waals surface area contributed by atoms with E-state index in [-0.39, 0.29) is 12.4 Å². The molecular weight excluding hydrogens is 361 g/mol. The van der Waals surface area contributed by atoms with Gasteiger partial charge in [-0.05, 0) is 42.8 Å². The van der Waals surface area contributed by atoms with Crippen LogP contribution in [0, 0.1) is 12.7 Å². The minimum atomic E-state index is -0.637. The minimum Gasteiger partial charge on any atom is -0.491 e. The maximum Gasteiger partial charge on any atom is 0.126 e. The van der Waals surface area contributed by atoms with Gasteiger partial charge in [-0.15, -0.1) is 0 Å². The zero-order valence-corrected chi connectivity index (χ0v) is 16.2. The summed E-state index contributed by atoms with van der Waals surface area (Å²) in [5.41, 5.74) is 0.601. The lowest BCUT2D eigenvalue weighted by Gasteiger charge is -2.38. The Bertz CT molecular complexity index is 732. The van der Waals surface area contributed by atoms with Crippen molar-refractivity contribution in [2.45, 2.75) is 31.5 Å². The second kappa shape index (κ2) is 9.87. The third-order valence-corrected chi connectivity index (χ3v) is 4.90. The highest BCUT2D eigenvalue weighted by molar-refractivity contribution is 5.31. The molecule has 152 valence electrons. The number of rotatable bonds is 9. The van der Waals surface area contributed by atoms with Crippen LogP contribution in [0.4, 0.5) is 4.39 Å². The molecule has 1 atom stereocenters. The average molecular weight is 389 g/mol. The van der Waals surface area contributed by atoms with E-state index in [4.69, 9.17) is 14.2 Å². The van der Waals surface area contributed by atoms with Gasteiger partial charge in [-0.3, -0.25) is 0 Å². The third-order valence-electron chi connectivity index (χ3n) is 4.90. The summed E-state index contributed by atoms with van der Waals surface area (Å²) in [7, 11) is 0. The Hall–Kier alpha value is -2.15. The van der Waals surface area contributed by atoms with E-state index in [9.17, 15) is 9.50 Å². The van der Waals surface area contributed by atoms with Crippen LogP contribution < -0.4 is 14.8 Å². The Morgan fingerprint density at radius 3 is 2.57 bits per heavy atom. The molecule has 0 radical (unpaired) electrons. The number of nitrogens with one attached hydrogen (secondary N) is 1. The fraction of sp³-hybridized carbons (Fsp3) is 0.455. The van der Waals surface area contributed by atoms with E-state index in [0.29, 0.717) is 32.1 Å². The van der Waals surface area contributed by atoms with Gasteiger partial charge in [0.1, 0.15) is 35.6 Å². The topological polar surface area (TPSA) is 60.0 Å². The Morgan fingerprint density at radius 1 is 1.14 bits per heavy atom. The highest BCUT2D eigenvalue weighted by Crippen LogP contribution is 2.27. The zero-order chi connectivity index (χ0) is 19.8. The molecular formula is C22H28FNO4. The molecule has 1 aliphatic heterocycles. The van der Waals surface area contributed by atoms with Crippen molar-refractivity contribution in [1.29, 1.82) is 0 Å². The number of halogens is 1. The van der Waals surface area contributed by atoms with Crippen LogP contribution in [-0.2, 0) is 4.74 Å². The molecule has 1 heterocycles. The summed E-state index contributed by atoms with van der Waals surface area (Å²) < 4.78 is 30.5. The predicted octanol–water partition coefficient (Wildman–Crippen LogP) is 3.09. The first-order chi connectivity index (χ1) is 13.6. The summed E-state index contributed by atoms with van der Waals surface area (Å²) in [4.78, 5) is 0. The van der Waals surface area contributed by atoms with Gasteiger partial charge in [0.25, 0.3) is 0 Å². The van der Waals surface area contributed by atoms with Gasteiger partial charge in [0, 0.05) is 25.9 Å². The summed E-state index contributed by atoms with van der Waals surface area (Å²) in [6, 6.07) is 13.8. The molecule has 3 rings (SSSR count). The van der Waals surface area contributed by atoms with Gasteiger partial charge >= 0.3 is 0 Å². The maximum absolute atomic E-state index is 13.1. The Labute approximate surface area is 165 Å². The molecule has 2 aromatic rings. The maximum atomic E-state index is 13.1. The molecule has 0 saturated carbocycles. The number of hydrogen-bond acceptors (Lipinski definition) is 5. The molecule has 1 fully saturated rings. The van der Waals surface area contributed by atoms with E-state index in [1.54, 1.807) is 12.1 Å². The standard InChI is InChI=1S/C22H28FNO4/c1-17-4-2-3-5-21(17)27-15-19(25)14-24-16-22(10-12-26-13-11-22)28-20-8-6-18(23)7-9-20/h2-9,19,24-25H,10-16H2,1H3. The van der Waals surface area contributed by atoms with E-state index in [2.05, 4.69) is 5.32 Å². The first-order valence-corrected chi connectivity index (χ1v) is 9.66. The van der Waals surface area contributed by atoms with Gasteiger partial charge in [0.05, 0.1) is 13.2 Å². The monoisotopic (exact) mass is 389 g/mol. The first-order valence-electron chi connectivity index (χ1n) is 9.66. The molecule has 0 aromatic heterocycles. The molecule has 0 amide bonds. The van der Waals surface area contributed by atoms with Gasteiger partial charge in [-0.2, -0.15) is 0 Å². The van der Waals surface area contributed by atoms with E-state index in [1.807, 2.05) is 31.2 Å². The lowest BCUT2D eigenvalue weighted by molar-refractivity contribution is -0.0459. The zero-order valence-electron chi connectivity index (χ0n) is 16.2. The fourth-order valence-corrected chi connectivity index (χ4v) is 3.24. The molecule has 1 saturated heterocycles. The fourth-order valence-electron chi connectivity index (χ4n) is 3.24. The van der Waals surface area contributed by atoms with Crippen molar-refractivity contribution in [3.63, 3.8) is 0 Å². The Balaban J connectivity index is 1.49. The van der Waals surface area contributed by atoms with Gasteiger partial charge in [0.2, 0.25) is 0 Å². The highest BCUT2D eigenvalue weighted by atomic mass is 19.1. The number of ether oxygens (including phenoxy) is 3. The van der Waals surface area contributed by atoms with Crippen LogP contribution in [0.25, 0.3) is 0 Å². The van der Waals surface area contributed by atoms with Crippen molar-refractivity contribution in [2.24, 2.45) is 0 Å². The lowest BCUT2D eigenvalue weighted by atomic mass is 9.93. The van der Waals surface area contributed by atoms with Crippen molar-refractivity contribution < 1.29 is 23.7 Å². The molecule has 6 heteroatoms. The van der Waals surface area contributed by atoms with Crippen LogP contribution >= 0.6 is 0 Å². The van der Waals surface area contributed by atoms with Gasteiger partial charge in [0.15, 0.2) is 0 Å². The van der Waals surface area contributed by atoms with Crippen molar-refractivity contribution in [3.05, 3.63) is 59.9 Å². The van der Waals surface area contributed by atoms with E-state index in [0.717, 1.165) is 24.2 Å². The molecule has 0 bridgehead atoms. The number of para-hydroxylation sites is 1. The number of aliphatic hydroxyl groups excluding tert-OH is 1. The Morgan fingerprint density at radius 2 is 1.86 bits per heavy atom. The molecule has 1 unspecified atom stereocenters. The molecule has 1 aliphatic rings.